The van der Waals surface area contributed by atoms with Crippen LogP contribution in [0.3, 0.4) is 0 Å². The molecule has 0 spiro atoms. The van der Waals surface area contributed by atoms with Crippen molar-refractivity contribution in [2.45, 2.75) is 24.9 Å². The summed E-state index contributed by atoms with van der Waals surface area (Å²) in [4.78, 5) is 13.4. The molecular formula is C20H21ClN6O. The third-order valence-electron chi connectivity index (χ3n) is 5.69. The Balaban J connectivity index is 1.33. The van der Waals surface area contributed by atoms with E-state index in [-0.39, 0.29) is 6.04 Å². The smallest absolute Gasteiger partial charge is 0.171 e. The van der Waals surface area contributed by atoms with Gasteiger partial charge in [-0.1, -0.05) is 28.9 Å². The number of nitrogens with two attached hydrogens (primary N) is 1. The van der Waals surface area contributed by atoms with Crippen LogP contribution in [0.4, 0.5) is 11.6 Å². The Kier molecular flexibility index (Phi) is 4.41. The van der Waals surface area contributed by atoms with Gasteiger partial charge in [-0.05, 0) is 25.0 Å². The van der Waals surface area contributed by atoms with Gasteiger partial charge in [0.15, 0.2) is 17.4 Å². The minimum atomic E-state index is 0.281. The molecular weight excluding hydrogens is 376 g/mol. The molecule has 0 amide bonds. The largest absolute Gasteiger partial charge is 0.381 e. The summed E-state index contributed by atoms with van der Waals surface area (Å²) in [5.74, 6) is 2.04. The van der Waals surface area contributed by atoms with E-state index in [4.69, 9.17) is 21.9 Å². The Morgan fingerprint density at radius 3 is 2.86 bits per heavy atom. The van der Waals surface area contributed by atoms with Gasteiger partial charge in [-0.15, -0.1) is 0 Å². The molecule has 2 N–H and O–H groups in total. The van der Waals surface area contributed by atoms with Crippen LogP contribution in [0.2, 0.25) is 5.02 Å². The van der Waals surface area contributed by atoms with Crippen molar-refractivity contribution in [1.82, 2.24) is 20.0 Å². The Morgan fingerprint density at radius 2 is 2.00 bits per heavy atom. The quantitative estimate of drug-likeness (QED) is 0.726. The van der Waals surface area contributed by atoms with Crippen LogP contribution in [-0.2, 0) is 0 Å². The van der Waals surface area contributed by atoms with Crippen molar-refractivity contribution in [3.63, 3.8) is 0 Å². The van der Waals surface area contributed by atoms with Gasteiger partial charge in [-0.3, -0.25) is 4.90 Å². The van der Waals surface area contributed by atoms with Crippen molar-refractivity contribution in [3.8, 4) is 11.3 Å². The summed E-state index contributed by atoms with van der Waals surface area (Å²) in [6.07, 6.45) is 5.50. The number of rotatable bonds is 3. The van der Waals surface area contributed by atoms with E-state index in [0.29, 0.717) is 16.9 Å². The second-order valence-corrected chi connectivity index (χ2v) is 7.76. The van der Waals surface area contributed by atoms with E-state index in [1.807, 2.05) is 30.3 Å². The monoisotopic (exact) mass is 396 g/mol. The highest BCUT2D eigenvalue weighted by Crippen LogP contribution is 2.39. The van der Waals surface area contributed by atoms with Gasteiger partial charge >= 0.3 is 0 Å². The molecule has 2 fully saturated rings. The third kappa shape index (κ3) is 3.10. The predicted molar refractivity (Wildman–Crippen MR) is 108 cm³/mol. The molecule has 3 aromatic rings. The molecule has 2 aromatic heterocycles. The summed E-state index contributed by atoms with van der Waals surface area (Å²) < 4.78 is 5.62. The maximum Gasteiger partial charge on any atom is 0.171 e. The van der Waals surface area contributed by atoms with E-state index >= 15 is 0 Å². The highest BCUT2D eigenvalue weighted by atomic mass is 35.5. The van der Waals surface area contributed by atoms with E-state index in [0.717, 1.165) is 55.3 Å². The van der Waals surface area contributed by atoms with Crippen LogP contribution in [0.1, 0.15) is 24.6 Å². The number of benzene rings is 1. The fourth-order valence-corrected chi connectivity index (χ4v) is 4.56. The molecule has 0 bridgehead atoms. The lowest BCUT2D eigenvalue weighted by molar-refractivity contribution is 0.170. The van der Waals surface area contributed by atoms with Gasteiger partial charge in [-0.2, -0.15) is 0 Å². The minimum absolute atomic E-state index is 0.281. The average molecular weight is 397 g/mol. The zero-order chi connectivity index (χ0) is 19.1. The number of fused-ring (bicyclic) bond motifs is 1. The van der Waals surface area contributed by atoms with Crippen molar-refractivity contribution in [1.29, 1.82) is 0 Å². The number of hydrogen-bond acceptors (Lipinski definition) is 7. The van der Waals surface area contributed by atoms with E-state index in [1.54, 1.807) is 12.4 Å². The molecule has 7 nitrogen and oxygen atoms in total. The Morgan fingerprint density at radius 1 is 1.11 bits per heavy atom. The molecule has 144 valence electrons. The lowest BCUT2D eigenvalue weighted by Crippen LogP contribution is -2.51. The van der Waals surface area contributed by atoms with E-state index < -0.39 is 0 Å². The standard InChI is InChI=1S/C20H21ClN6O/c21-14-3-1-2-13(10-14)18-11-16(25-28-18)17-5-4-15-12-26(8-9-27(15)17)20-19(22)23-6-7-24-20/h1-3,6-7,10-11,15,17H,4-5,8-9,12H2,(H2,22,23)/t15-,17+/m0/s1. The van der Waals surface area contributed by atoms with Crippen LogP contribution in [0.15, 0.2) is 47.2 Å². The fourth-order valence-electron chi connectivity index (χ4n) is 4.37. The minimum Gasteiger partial charge on any atom is -0.381 e. The van der Waals surface area contributed by atoms with E-state index in [1.165, 1.54) is 0 Å². The molecule has 5 rings (SSSR count). The second-order valence-electron chi connectivity index (χ2n) is 7.32. The maximum absolute atomic E-state index is 6.10. The number of nitrogens with zero attached hydrogens (tertiary/aromatic N) is 5. The van der Waals surface area contributed by atoms with Crippen LogP contribution in [0.5, 0.6) is 0 Å². The molecule has 2 aliphatic heterocycles. The predicted octanol–water partition coefficient (Wildman–Crippen LogP) is 3.39. The Labute approximate surface area is 168 Å². The SMILES string of the molecule is Nc1nccnc1N1CCN2[C@@H](CC[C@@H]2c2cc(-c3cccc(Cl)c3)on2)C1. The van der Waals surface area contributed by atoms with Crippen molar-refractivity contribution < 1.29 is 4.52 Å². The first kappa shape index (κ1) is 17.5. The lowest BCUT2D eigenvalue weighted by atomic mass is 10.1. The molecule has 2 saturated heterocycles. The van der Waals surface area contributed by atoms with Crippen LogP contribution in [0, 0.1) is 0 Å². The van der Waals surface area contributed by atoms with E-state index in [9.17, 15) is 0 Å². The Hall–Kier alpha value is -2.64. The molecule has 28 heavy (non-hydrogen) atoms. The molecule has 2 atom stereocenters. The van der Waals surface area contributed by atoms with Crippen LogP contribution in [0.25, 0.3) is 11.3 Å². The van der Waals surface area contributed by atoms with E-state index in [2.05, 4.69) is 24.9 Å². The number of nitrogen functional groups attached to an aromatic ring is 1. The topological polar surface area (TPSA) is 84.3 Å². The molecule has 0 radical (unpaired) electrons. The number of anilines is 2. The average Bonchev–Trinajstić information content (AvgIpc) is 3.35. The zero-order valence-electron chi connectivity index (χ0n) is 15.3. The number of piperazine rings is 1. The normalized spacial score (nSPS) is 22.4. The summed E-state index contributed by atoms with van der Waals surface area (Å²) in [5, 5.41) is 5.06. The van der Waals surface area contributed by atoms with Crippen molar-refractivity contribution >= 4 is 23.2 Å². The second kappa shape index (κ2) is 7.07. The van der Waals surface area contributed by atoms with Crippen molar-refractivity contribution in [3.05, 3.63) is 53.4 Å². The molecule has 0 unspecified atom stereocenters. The number of halogens is 1. The van der Waals surface area contributed by atoms with Gasteiger partial charge in [0, 0.05) is 54.7 Å². The molecule has 0 saturated carbocycles. The first-order valence-corrected chi connectivity index (χ1v) is 9.86. The molecule has 2 aliphatic rings. The maximum atomic E-state index is 6.10. The first-order chi connectivity index (χ1) is 13.7. The molecule has 1 aromatic carbocycles. The van der Waals surface area contributed by atoms with Gasteiger partial charge in [0.1, 0.15) is 5.69 Å². The summed E-state index contributed by atoms with van der Waals surface area (Å²) >= 11 is 6.10. The number of hydrogen-bond donors (Lipinski definition) is 1. The summed E-state index contributed by atoms with van der Waals surface area (Å²) in [6, 6.07) is 10.4. The number of aromatic nitrogens is 3. The summed E-state index contributed by atoms with van der Waals surface area (Å²) in [6.45, 7) is 2.71. The molecule has 8 heteroatoms. The molecule has 0 aliphatic carbocycles. The highest BCUT2D eigenvalue weighted by Gasteiger charge is 2.40. The fraction of sp³-hybridized carbons (Fsp3) is 0.350. The Bertz CT molecular complexity index is 992. The molecule has 4 heterocycles. The van der Waals surface area contributed by atoms with Crippen molar-refractivity contribution in [2.75, 3.05) is 30.3 Å². The van der Waals surface area contributed by atoms with Gasteiger partial charge in [-0.25, -0.2) is 9.97 Å². The zero-order valence-corrected chi connectivity index (χ0v) is 16.1. The van der Waals surface area contributed by atoms with Crippen LogP contribution in [-0.4, -0.2) is 45.7 Å². The third-order valence-corrected chi connectivity index (χ3v) is 5.92. The van der Waals surface area contributed by atoms with Gasteiger partial charge in [0.05, 0.1) is 6.04 Å². The van der Waals surface area contributed by atoms with Gasteiger partial charge < -0.3 is 15.2 Å². The summed E-state index contributed by atoms with van der Waals surface area (Å²) in [7, 11) is 0. The van der Waals surface area contributed by atoms with Crippen LogP contribution < -0.4 is 10.6 Å². The van der Waals surface area contributed by atoms with Gasteiger partial charge in [0.2, 0.25) is 0 Å². The van der Waals surface area contributed by atoms with Crippen molar-refractivity contribution in [2.24, 2.45) is 0 Å². The first-order valence-electron chi connectivity index (χ1n) is 9.49. The summed E-state index contributed by atoms with van der Waals surface area (Å²) in [5.41, 5.74) is 7.95. The van der Waals surface area contributed by atoms with Gasteiger partial charge in [0.25, 0.3) is 0 Å². The van der Waals surface area contributed by atoms with Crippen LogP contribution >= 0.6 is 11.6 Å². The lowest BCUT2D eigenvalue weighted by Gasteiger charge is -2.40. The highest BCUT2D eigenvalue weighted by molar-refractivity contribution is 6.30.